The summed E-state index contributed by atoms with van der Waals surface area (Å²) < 4.78 is 27.1. The number of carbonyl (C=O) groups is 5. The smallest absolute Gasteiger partial charge is 0.303 e. The highest BCUT2D eigenvalue weighted by molar-refractivity contribution is 5.73. The van der Waals surface area contributed by atoms with Gasteiger partial charge in [0, 0.05) is 41.0 Å². The van der Waals surface area contributed by atoms with Crippen LogP contribution in [0.1, 0.15) is 59.4 Å². The summed E-state index contributed by atoms with van der Waals surface area (Å²) in [4.78, 5) is 59.5. The molecule has 1 aliphatic rings. The van der Waals surface area contributed by atoms with Crippen molar-refractivity contribution in [1.82, 2.24) is 5.32 Å². The van der Waals surface area contributed by atoms with Crippen LogP contribution in [0.4, 0.5) is 0 Å². The van der Waals surface area contributed by atoms with E-state index in [2.05, 4.69) is 5.32 Å². The van der Waals surface area contributed by atoms with Crippen molar-refractivity contribution in [1.29, 1.82) is 0 Å². The number of amides is 1. The summed E-state index contributed by atoms with van der Waals surface area (Å²) in [6, 6.07) is 5.39. The predicted molar refractivity (Wildman–Crippen MR) is 136 cm³/mol. The Morgan fingerprint density at radius 3 is 1.85 bits per heavy atom. The fourth-order valence-electron chi connectivity index (χ4n) is 4.22. The molecule has 0 spiro atoms. The highest BCUT2D eigenvalue weighted by Crippen LogP contribution is 2.45. The Hall–Kier alpha value is -3.71. The monoisotopic (exact) mass is 567 g/mol. The summed E-state index contributed by atoms with van der Waals surface area (Å²) in [5, 5.41) is 23.3. The van der Waals surface area contributed by atoms with Crippen molar-refractivity contribution < 1.29 is 57.9 Å². The van der Waals surface area contributed by atoms with Gasteiger partial charge in [-0.15, -0.1) is 0 Å². The number of aliphatic hydroxyl groups excluding tert-OH is 2. The lowest BCUT2D eigenvalue weighted by molar-refractivity contribution is -0.188. The molecular formula is C27H37NO12. The van der Waals surface area contributed by atoms with Gasteiger partial charge in [0.1, 0.15) is 30.2 Å². The lowest BCUT2D eigenvalue weighted by Crippen LogP contribution is -2.60. The molecule has 0 radical (unpaired) electrons. The fourth-order valence-corrected chi connectivity index (χ4v) is 4.22. The SMILES string of the molecule is CC(=O)N[C@@H](C(O)[C@H](OC(C)=O)[C@@H](COC(C)=O)OC(C)=O)[C@H](CC1(Oc2ccc(CO)cc2)CC1)OC(C)=O. The van der Waals surface area contributed by atoms with Gasteiger partial charge < -0.3 is 39.2 Å². The van der Waals surface area contributed by atoms with Crippen LogP contribution in [0.25, 0.3) is 0 Å². The quantitative estimate of drug-likeness (QED) is 0.199. The molecule has 40 heavy (non-hydrogen) atoms. The van der Waals surface area contributed by atoms with E-state index in [0.717, 1.165) is 27.7 Å². The van der Waals surface area contributed by atoms with Crippen molar-refractivity contribution in [2.75, 3.05) is 6.61 Å². The van der Waals surface area contributed by atoms with E-state index in [9.17, 15) is 34.2 Å². The van der Waals surface area contributed by atoms with Crippen LogP contribution in [0.3, 0.4) is 0 Å². The summed E-state index contributed by atoms with van der Waals surface area (Å²) in [6.07, 6.45) is -4.87. The highest BCUT2D eigenvalue weighted by atomic mass is 16.6. The summed E-state index contributed by atoms with van der Waals surface area (Å²) in [7, 11) is 0. The zero-order chi connectivity index (χ0) is 30.0. The predicted octanol–water partition coefficient (Wildman–Crippen LogP) is 0.704. The van der Waals surface area contributed by atoms with Gasteiger partial charge in [-0.25, -0.2) is 0 Å². The molecule has 1 unspecified atom stereocenters. The molecule has 2 rings (SSSR count). The maximum absolute atomic E-state index is 12.2. The fraction of sp³-hybridized carbons (Fsp3) is 0.593. The van der Waals surface area contributed by atoms with Gasteiger partial charge in [-0.1, -0.05) is 12.1 Å². The molecule has 0 heterocycles. The van der Waals surface area contributed by atoms with Crippen molar-refractivity contribution in [3.63, 3.8) is 0 Å². The third kappa shape index (κ3) is 10.5. The highest BCUT2D eigenvalue weighted by Gasteiger charge is 2.52. The average Bonchev–Trinajstić information content (AvgIpc) is 3.61. The molecule has 222 valence electrons. The number of nitrogens with one attached hydrogen (secondary N) is 1. The van der Waals surface area contributed by atoms with Crippen LogP contribution >= 0.6 is 0 Å². The Kier molecular flexibility index (Phi) is 11.9. The number of carbonyl (C=O) groups excluding carboxylic acids is 5. The van der Waals surface area contributed by atoms with E-state index in [-0.39, 0.29) is 13.0 Å². The number of esters is 4. The Labute approximate surface area is 232 Å². The molecule has 13 nitrogen and oxygen atoms in total. The third-order valence-corrected chi connectivity index (χ3v) is 6.05. The molecule has 0 aliphatic heterocycles. The van der Waals surface area contributed by atoms with Gasteiger partial charge in [0.2, 0.25) is 5.91 Å². The van der Waals surface area contributed by atoms with E-state index >= 15 is 0 Å². The van der Waals surface area contributed by atoms with E-state index in [1.165, 1.54) is 6.92 Å². The van der Waals surface area contributed by atoms with Gasteiger partial charge >= 0.3 is 23.9 Å². The van der Waals surface area contributed by atoms with Crippen molar-refractivity contribution in [2.45, 2.75) is 96.5 Å². The zero-order valence-corrected chi connectivity index (χ0v) is 23.2. The van der Waals surface area contributed by atoms with Crippen LogP contribution in [0.5, 0.6) is 5.75 Å². The molecule has 1 aromatic rings. The van der Waals surface area contributed by atoms with E-state index in [1.54, 1.807) is 24.3 Å². The largest absolute Gasteiger partial charge is 0.487 e. The minimum Gasteiger partial charge on any atom is -0.487 e. The first-order chi connectivity index (χ1) is 18.7. The van der Waals surface area contributed by atoms with Crippen LogP contribution in [0, 0.1) is 0 Å². The lowest BCUT2D eigenvalue weighted by Gasteiger charge is -2.38. The molecule has 3 N–H and O–H groups in total. The van der Waals surface area contributed by atoms with Crippen LogP contribution in [-0.2, 0) is 49.5 Å². The molecule has 0 aromatic heterocycles. The first-order valence-electron chi connectivity index (χ1n) is 12.7. The van der Waals surface area contributed by atoms with Crippen molar-refractivity contribution in [3.8, 4) is 5.75 Å². The van der Waals surface area contributed by atoms with Crippen LogP contribution < -0.4 is 10.1 Å². The number of rotatable bonds is 15. The molecule has 1 fully saturated rings. The Morgan fingerprint density at radius 2 is 1.40 bits per heavy atom. The molecule has 13 heteroatoms. The van der Waals surface area contributed by atoms with Gasteiger partial charge in [-0.2, -0.15) is 0 Å². The van der Waals surface area contributed by atoms with Gasteiger partial charge in [-0.05, 0) is 30.5 Å². The Bertz CT molecular complexity index is 1050. The zero-order valence-electron chi connectivity index (χ0n) is 23.2. The van der Waals surface area contributed by atoms with Gasteiger partial charge in [0.25, 0.3) is 0 Å². The van der Waals surface area contributed by atoms with E-state index in [0.29, 0.717) is 24.2 Å². The Balaban J connectivity index is 2.42. The summed E-state index contributed by atoms with van der Waals surface area (Å²) >= 11 is 0. The topological polar surface area (TPSA) is 184 Å². The van der Waals surface area contributed by atoms with Gasteiger partial charge in [-0.3, -0.25) is 24.0 Å². The normalized spacial score (nSPS) is 17.2. The second-order valence-electron chi connectivity index (χ2n) is 9.68. The number of benzene rings is 1. The molecule has 1 aromatic carbocycles. The minimum absolute atomic E-state index is 0.0330. The standard InChI is InChI=1S/C27H37NO12/c1-15(30)28-24(25(35)26(39-19(5)34)23(38-18(4)33)14-36-16(2)31)22(37-17(3)32)12-27(10-11-27)40-21-8-6-20(13-29)7-9-21/h6-9,22-26,29,35H,10-14H2,1-5H3,(H,28,30)/t22-,23+,24+,25?,26+/m0/s1. The number of hydrogen-bond donors (Lipinski definition) is 3. The first kappa shape index (κ1) is 32.5. The van der Waals surface area contributed by atoms with Crippen LogP contribution in [0.2, 0.25) is 0 Å². The molecule has 0 saturated heterocycles. The summed E-state index contributed by atoms with van der Waals surface area (Å²) in [5.41, 5.74) is -0.113. The molecule has 1 amide bonds. The van der Waals surface area contributed by atoms with Gasteiger partial charge in [0.15, 0.2) is 12.2 Å². The minimum atomic E-state index is -1.79. The molecule has 5 atom stereocenters. The maximum atomic E-state index is 12.2. The third-order valence-electron chi connectivity index (χ3n) is 6.05. The second-order valence-corrected chi connectivity index (χ2v) is 9.68. The van der Waals surface area contributed by atoms with Gasteiger partial charge in [0.05, 0.1) is 12.6 Å². The molecular weight excluding hydrogens is 530 g/mol. The van der Waals surface area contributed by atoms with Crippen molar-refractivity contribution in [3.05, 3.63) is 29.8 Å². The lowest BCUT2D eigenvalue weighted by atomic mass is 9.92. The number of aliphatic hydroxyl groups is 2. The number of ether oxygens (including phenoxy) is 5. The summed E-state index contributed by atoms with van der Waals surface area (Å²) in [6.45, 7) is 4.89. The van der Waals surface area contributed by atoms with Crippen molar-refractivity contribution in [2.24, 2.45) is 0 Å². The van der Waals surface area contributed by atoms with E-state index in [4.69, 9.17) is 23.7 Å². The van der Waals surface area contributed by atoms with Crippen molar-refractivity contribution >= 4 is 29.8 Å². The Morgan fingerprint density at radius 1 is 0.850 bits per heavy atom. The van der Waals surface area contributed by atoms with E-state index in [1.807, 2.05) is 0 Å². The maximum Gasteiger partial charge on any atom is 0.303 e. The second kappa shape index (κ2) is 14.6. The number of hydrogen-bond acceptors (Lipinski definition) is 12. The van der Waals surface area contributed by atoms with Crippen LogP contribution in [0.15, 0.2) is 24.3 Å². The molecule has 0 bridgehead atoms. The van der Waals surface area contributed by atoms with Crippen LogP contribution in [-0.4, -0.2) is 82.7 Å². The molecule has 1 aliphatic carbocycles. The first-order valence-corrected chi connectivity index (χ1v) is 12.7. The molecule has 1 saturated carbocycles. The van der Waals surface area contributed by atoms with E-state index < -0.39 is 72.5 Å². The average molecular weight is 568 g/mol. The summed E-state index contributed by atoms with van der Waals surface area (Å²) in [5.74, 6) is -3.20.